The number of nitrogens with one attached hydrogen (secondary N) is 1. The van der Waals surface area contributed by atoms with Gasteiger partial charge in [0.1, 0.15) is 5.69 Å². The molecule has 0 unspecified atom stereocenters. The highest BCUT2D eigenvalue weighted by Crippen LogP contribution is 2.27. The Hall–Kier alpha value is -3.28. The number of ether oxygens (including phenoxy) is 2. The fourth-order valence-electron chi connectivity index (χ4n) is 2.83. The summed E-state index contributed by atoms with van der Waals surface area (Å²) in [6.07, 6.45) is 0.711. The van der Waals surface area contributed by atoms with E-state index in [1.165, 1.54) is 0 Å². The topological polar surface area (TPSA) is 67.5 Å². The SMILES string of the molecule is COc1ccc(CCN(C)C(=O)c2cc(-c3ccccc3)n[nH]2)cc1OC. The number of hydrogen-bond acceptors (Lipinski definition) is 4. The van der Waals surface area contributed by atoms with Gasteiger partial charge in [0, 0.05) is 19.2 Å². The monoisotopic (exact) mass is 365 g/mol. The summed E-state index contributed by atoms with van der Waals surface area (Å²) >= 11 is 0. The number of nitrogens with zero attached hydrogens (tertiary/aromatic N) is 2. The first-order valence-corrected chi connectivity index (χ1v) is 8.69. The van der Waals surface area contributed by atoms with Crippen molar-refractivity contribution in [1.82, 2.24) is 15.1 Å². The minimum Gasteiger partial charge on any atom is -0.493 e. The van der Waals surface area contributed by atoms with E-state index in [2.05, 4.69) is 10.2 Å². The van der Waals surface area contributed by atoms with E-state index in [9.17, 15) is 4.79 Å². The van der Waals surface area contributed by atoms with Gasteiger partial charge in [-0.25, -0.2) is 0 Å². The molecule has 0 fully saturated rings. The van der Waals surface area contributed by atoms with E-state index in [0.717, 1.165) is 16.8 Å². The Morgan fingerprint density at radius 2 is 1.78 bits per heavy atom. The van der Waals surface area contributed by atoms with Gasteiger partial charge < -0.3 is 14.4 Å². The predicted molar refractivity (Wildman–Crippen MR) is 104 cm³/mol. The van der Waals surface area contributed by atoms with Gasteiger partial charge in [-0.05, 0) is 30.2 Å². The van der Waals surface area contributed by atoms with Crippen molar-refractivity contribution < 1.29 is 14.3 Å². The third-order valence-corrected chi connectivity index (χ3v) is 4.41. The normalized spacial score (nSPS) is 10.5. The molecule has 140 valence electrons. The average Bonchev–Trinajstić information content (AvgIpc) is 3.22. The van der Waals surface area contributed by atoms with Crippen LogP contribution in [0.3, 0.4) is 0 Å². The van der Waals surface area contributed by atoms with E-state index in [-0.39, 0.29) is 5.91 Å². The van der Waals surface area contributed by atoms with E-state index in [4.69, 9.17) is 9.47 Å². The molecule has 1 N–H and O–H groups in total. The van der Waals surface area contributed by atoms with Gasteiger partial charge in [0.2, 0.25) is 0 Å². The second kappa shape index (κ2) is 8.40. The van der Waals surface area contributed by atoms with Gasteiger partial charge >= 0.3 is 0 Å². The van der Waals surface area contributed by atoms with Crippen LogP contribution in [0.25, 0.3) is 11.3 Å². The van der Waals surface area contributed by atoms with Crippen LogP contribution < -0.4 is 9.47 Å². The van der Waals surface area contributed by atoms with Crippen molar-refractivity contribution in [3.8, 4) is 22.8 Å². The van der Waals surface area contributed by atoms with Gasteiger partial charge in [0.15, 0.2) is 11.5 Å². The molecule has 6 nitrogen and oxygen atoms in total. The third kappa shape index (κ3) is 4.28. The van der Waals surface area contributed by atoms with Crippen LogP contribution >= 0.6 is 0 Å². The molecule has 0 radical (unpaired) electrons. The lowest BCUT2D eigenvalue weighted by molar-refractivity contribution is 0.0791. The predicted octanol–water partition coefficient (Wildman–Crippen LogP) is 3.41. The number of benzene rings is 2. The van der Waals surface area contributed by atoms with Crippen LogP contribution in [0.4, 0.5) is 0 Å². The molecule has 0 saturated heterocycles. The molecule has 0 bridgehead atoms. The molecule has 0 aliphatic carbocycles. The number of carbonyl (C=O) groups is 1. The highest BCUT2D eigenvalue weighted by molar-refractivity contribution is 5.93. The van der Waals surface area contributed by atoms with Crippen molar-refractivity contribution in [1.29, 1.82) is 0 Å². The second-order valence-electron chi connectivity index (χ2n) is 6.20. The fourth-order valence-corrected chi connectivity index (χ4v) is 2.83. The van der Waals surface area contributed by atoms with Crippen LogP contribution in [-0.2, 0) is 6.42 Å². The first-order chi connectivity index (χ1) is 13.1. The van der Waals surface area contributed by atoms with Crippen molar-refractivity contribution in [2.75, 3.05) is 27.8 Å². The minimum atomic E-state index is -0.0924. The van der Waals surface area contributed by atoms with Crippen LogP contribution in [0.15, 0.2) is 54.6 Å². The quantitative estimate of drug-likeness (QED) is 0.697. The highest BCUT2D eigenvalue weighted by Gasteiger charge is 2.15. The van der Waals surface area contributed by atoms with Crippen LogP contribution in [0.1, 0.15) is 16.1 Å². The number of aromatic nitrogens is 2. The van der Waals surface area contributed by atoms with Crippen molar-refractivity contribution in [3.05, 3.63) is 65.9 Å². The van der Waals surface area contributed by atoms with Gasteiger partial charge in [0.25, 0.3) is 5.91 Å². The zero-order chi connectivity index (χ0) is 19.2. The van der Waals surface area contributed by atoms with Crippen LogP contribution in [-0.4, -0.2) is 48.8 Å². The molecule has 3 aromatic rings. The second-order valence-corrected chi connectivity index (χ2v) is 6.20. The van der Waals surface area contributed by atoms with Gasteiger partial charge in [-0.3, -0.25) is 9.89 Å². The molecule has 1 heterocycles. The maximum atomic E-state index is 12.6. The summed E-state index contributed by atoms with van der Waals surface area (Å²) in [5.74, 6) is 1.28. The van der Waals surface area contributed by atoms with Crippen LogP contribution in [0.5, 0.6) is 11.5 Å². The molecule has 1 aromatic heterocycles. The standard InChI is InChI=1S/C21H23N3O3/c1-24(12-11-15-9-10-19(26-2)20(13-15)27-3)21(25)18-14-17(22-23-18)16-7-5-4-6-8-16/h4-10,13-14H,11-12H2,1-3H3,(H,22,23). The van der Waals surface area contributed by atoms with Crippen molar-refractivity contribution in [2.24, 2.45) is 0 Å². The molecular weight excluding hydrogens is 342 g/mol. The zero-order valence-corrected chi connectivity index (χ0v) is 15.7. The Kier molecular flexibility index (Phi) is 5.76. The Morgan fingerprint density at radius 3 is 2.48 bits per heavy atom. The van der Waals surface area contributed by atoms with E-state index in [1.54, 1.807) is 32.2 Å². The number of methoxy groups -OCH3 is 2. The smallest absolute Gasteiger partial charge is 0.271 e. The Morgan fingerprint density at radius 1 is 1.04 bits per heavy atom. The van der Waals surface area contributed by atoms with Gasteiger partial charge in [-0.15, -0.1) is 0 Å². The van der Waals surface area contributed by atoms with Crippen molar-refractivity contribution >= 4 is 5.91 Å². The lowest BCUT2D eigenvalue weighted by atomic mass is 10.1. The van der Waals surface area contributed by atoms with Gasteiger partial charge in [0.05, 0.1) is 19.9 Å². The van der Waals surface area contributed by atoms with E-state index >= 15 is 0 Å². The average molecular weight is 365 g/mol. The van der Waals surface area contributed by atoms with Gasteiger partial charge in [-0.1, -0.05) is 36.4 Å². The number of aromatic amines is 1. The maximum absolute atomic E-state index is 12.6. The van der Waals surface area contributed by atoms with E-state index < -0.39 is 0 Å². The summed E-state index contributed by atoms with van der Waals surface area (Å²) in [6, 6.07) is 17.3. The number of H-pyrrole nitrogens is 1. The maximum Gasteiger partial charge on any atom is 0.271 e. The molecule has 0 atom stereocenters. The summed E-state index contributed by atoms with van der Waals surface area (Å²) in [7, 11) is 5.00. The summed E-state index contributed by atoms with van der Waals surface area (Å²) in [4.78, 5) is 14.3. The molecule has 0 aliphatic rings. The molecule has 0 saturated carbocycles. The first kappa shape index (κ1) is 18.5. The summed E-state index contributed by atoms with van der Waals surface area (Å²) < 4.78 is 10.6. The van der Waals surface area contributed by atoms with Crippen molar-refractivity contribution in [3.63, 3.8) is 0 Å². The minimum absolute atomic E-state index is 0.0924. The lowest BCUT2D eigenvalue weighted by Crippen LogP contribution is -2.29. The Bertz CT molecular complexity index is 906. The largest absolute Gasteiger partial charge is 0.493 e. The number of amides is 1. The number of rotatable bonds is 7. The van der Waals surface area contributed by atoms with Crippen molar-refractivity contribution in [2.45, 2.75) is 6.42 Å². The van der Waals surface area contributed by atoms with E-state index in [0.29, 0.717) is 30.2 Å². The fraction of sp³-hybridized carbons (Fsp3) is 0.238. The number of hydrogen-bond donors (Lipinski definition) is 1. The molecular formula is C21H23N3O3. The number of carbonyl (C=O) groups excluding carboxylic acids is 1. The Labute approximate surface area is 158 Å². The first-order valence-electron chi connectivity index (χ1n) is 8.69. The third-order valence-electron chi connectivity index (χ3n) is 4.41. The summed E-state index contributed by atoms with van der Waals surface area (Å²) in [6.45, 7) is 0.577. The van der Waals surface area contributed by atoms with Gasteiger partial charge in [-0.2, -0.15) is 5.10 Å². The molecule has 2 aromatic carbocycles. The molecule has 27 heavy (non-hydrogen) atoms. The molecule has 0 aliphatic heterocycles. The summed E-state index contributed by atoms with van der Waals surface area (Å²) in [5, 5.41) is 7.09. The zero-order valence-electron chi connectivity index (χ0n) is 15.7. The molecule has 1 amide bonds. The number of likely N-dealkylation sites (N-methyl/N-ethyl adjacent to an activating group) is 1. The Balaban J connectivity index is 1.64. The van der Waals surface area contributed by atoms with Crippen LogP contribution in [0, 0.1) is 0 Å². The highest BCUT2D eigenvalue weighted by atomic mass is 16.5. The van der Waals surface area contributed by atoms with Crippen LogP contribution in [0.2, 0.25) is 0 Å². The molecule has 0 spiro atoms. The summed E-state index contributed by atoms with van der Waals surface area (Å²) in [5.41, 5.74) is 3.28. The lowest BCUT2D eigenvalue weighted by Gasteiger charge is -2.16. The molecule has 6 heteroatoms. The molecule has 3 rings (SSSR count). The van der Waals surface area contributed by atoms with E-state index in [1.807, 2.05) is 48.5 Å².